The molecule has 2 aliphatic heterocycles. The zero-order valence-electron chi connectivity index (χ0n) is 11.2. The molecule has 4 nitrogen and oxygen atoms in total. The van der Waals surface area contributed by atoms with Crippen LogP contribution in [-0.2, 0) is 6.42 Å². The van der Waals surface area contributed by atoms with Gasteiger partial charge in [-0.1, -0.05) is 11.6 Å². The van der Waals surface area contributed by atoms with Gasteiger partial charge >= 0.3 is 0 Å². The van der Waals surface area contributed by atoms with Crippen LogP contribution in [0.4, 0.5) is 0 Å². The Bertz CT molecular complexity index is 473. The first-order chi connectivity index (χ1) is 9.25. The summed E-state index contributed by atoms with van der Waals surface area (Å²) in [5.41, 5.74) is 2.37. The first-order valence-electron chi connectivity index (χ1n) is 6.76. The number of ether oxygens (including phenoxy) is 2. The second-order valence-corrected chi connectivity index (χ2v) is 5.43. The maximum Gasteiger partial charge on any atom is 0.231 e. The fourth-order valence-electron chi connectivity index (χ4n) is 2.62. The van der Waals surface area contributed by atoms with Gasteiger partial charge in [0.1, 0.15) is 0 Å². The fraction of sp³-hybridized carbons (Fsp3) is 0.571. The van der Waals surface area contributed by atoms with E-state index in [9.17, 15) is 0 Å². The summed E-state index contributed by atoms with van der Waals surface area (Å²) in [6.45, 7) is 7.81. The van der Waals surface area contributed by atoms with Crippen molar-refractivity contribution in [3.8, 4) is 11.5 Å². The van der Waals surface area contributed by atoms with E-state index in [2.05, 4.69) is 23.2 Å². The Kier molecular flexibility index (Phi) is 3.82. The summed E-state index contributed by atoms with van der Waals surface area (Å²) in [5.74, 6) is 1.48. The highest BCUT2D eigenvalue weighted by Gasteiger charge is 2.21. The van der Waals surface area contributed by atoms with E-state index >= 15 is 0 Å². The number of rotatable bonds is 3. The van der Waals surface area contributed by atoms with E-state index in [-0.39, 0.29) is 6.79 Å². The van der Waals surface area contributed by atoms with Crippen LogP contribution in [0.2, 0.25) is 5.02 Å². The van der Waals surface area contributed by atoms with Crippen molar-refractivity contribution in [2.75, 3.05) is 39.5 Å². The minimum Gasteiger partial charge on any atom is -0.454 e. The Morgan fingerprint density at radius 2 is 2.11 bits per heavy atom. The third kappa shape index (κ3) is 2.66. The van der Waals surface area contributed by atoms with Crippen LogP contribution in [-0.4, -0.2) is 44.4 Å². The number of halogens is 1. The molecule has 0 amide bonds. The second kappa shape index (κ2) is 5.57. The average Bonchev–Trinajstić information content (AvgIpc) is 2.91. The highest BCUT2D eigenvalue weighted by molar-refractivity contribution is 6.33. The minimum atomic E-state index is 0.274. The van der Waals surface area contributed by atoms with Crippen LogP contribution in [0.5, 0.6) is 11.5 Å². The van der Waals surface area contributed by atoms with Gasteiger partial charge in [-0.3, -0.25) is 0 Å². The number of hydrogen-bond acceptors (Lipinski definition) is 4. The highest BCUT2D eigenvalue weighted by Crippen LogP contribution is 2.42. The lowest BCUT2D eigenvalue weighted by Gasteiger charge is -2.27. The zero-order chi connectivity index (χ0) is 13.2. The molecule has 1 aromatic rings. The van der Waals surface area contributed by atoms with Crippen LogP contribution in [0.25, 0.3) is 0 Å². The second-order valence-electron chi connectivity index (χ2n) is 5.05. The summed E-state index contributed by atoms with van der Waals surface area (Å²) in [6, 6.07) is 2.08. The van der Waals surface area contributed by atoms with Gasteiger partial charge in [0, 0.05) is 32.7 Å². The molecule has 0 spiro atoms. The third-order valence-corrected chi connectivity index (χ3v) is 4.32. The van der Waals surface area contributed by atoms with Crippen molar-refractivity contribution in [2.45, 2.75) is 13.3 Å². The molecule has 0 saturated carbocycles. The van der Waals surface area contributed by atoms with E-state index in [1.54, 1.807) is 0 Å². The molecular formula is C14H19ClN2O2. The maximum absolute atomic E-state index is 6.34. The predicted molar refractivity (Wildman–Crippen MR) is 75.3 cm³/mol. The van der Waals surface area contributed by atoms with Crippen molar-refractivity contribution in [1.29, 1.82) is 0 Å². The Morgan fingerprint density at radius 3 is 2.89 bits per heavy atom. The van der Waals surface area contributed by atoms with Crippen molar-refractivity contribution in [2.24, 2.45) is 0 Å². The van der Waals surface area contributed by atoms with E-state index in [4.69, 9.17) is 21.1 Å². The molecule has 0 radical (unpaired) electrons. The van der Waals surface area contributed by atoms with Crippen LogP contribution in [0.3, 0.4) is 0 Å². The van der Waals surface area contributed by atoms with Gasteiger partial charge in [0.15, 0.2) is 11.5 Å². The Hall–Kier alpha value is -0.970. The summed E-state index contributed by atoms with van der Waals surface area (Å²) in [5, 5.41) is 4.07. The molecular weight excluding hydrogens is 264 g/mol. The van der Waals surface area contributed by atoms with Crippen molar-refractivity contribution < 1.29 is 9.47 Å². The molecule has 0 aliphatic carbocycles. The fourth-order valence-corrected chi connectivity index (χ4v) is 2.89. The predicted octanol–water partition coefficient (Wildman–Crippen LogP) is 1.82. The topological polar surface area (TPSA) is 33.7 Å². The van der Waals surface area contributed by atoms with Gasteiger partial charge in [-0.2, -0.15) is 0 Å². The largest absolute Gasteiger partial charge is 0.454 e. The van der Waals surface area contributed by atoms with Gasteiger partial charge in [-0.15, -0.1) is 0 Å². The molecule has 104 valence electrons. The molecule has 0 bridgehead atoms. The number of hydrogen-bond donors (Lipinski definition) is 1. The molecule has 3 rings (SSSR count). The normalized spacial score (nSPS) is 18.8. The lowest BCUT2D eigenvalue weighted by atomic mass is 10.0. The van der Waals surface area contributed by atoms with Crippen molar-refractivity contribution in [3.63, 3.8) is 0 Å². The number of benzene rings is 1. The molecule has 1 N–H and O–H groups in total. The van der Waals surface area contributed by atoms with Crippen molar-refractivity contribution in [3.05, 3.63) is 22.2 Å². The highest BCUT2D eigenvalue weighted by atomic mass is 35.5. The first kappa shape index (κ1) is 13.0. The minimum absolute atomic E-state index is 0.274. The van der Waals surface area contributed by atoms with Crippen molar-refractivity contribution >= 4 is 11.6 Å². The van der Waals surface area contributed by atoms with E-state index in [0.29, 0.717) is 10.8 Å². The molecule has 2 heterocycles. The summed E-state index contributed by atoms with van der Waals surface area (Å²) in [7, 11) is 0. The molecule has 1 aromatic carbocycles. The van der Waals surface area contributed by atoms with E-state index in [0.717, 1.165) is 50.5 Å². The van der Waals surface area contributed by atoms with Gasteiger partial charge in [0.2, 0.25) is 6.79 Å². The molecule has 19 heavy (non-hydrogen) atoms. The Balaban J connectivity index is 1.72. The molecule has 1 fully saturated rings. The van der Waals surface area contributed by atoms with Gasteiger partial charge in [0.25, 0.3) is 0 Å². The number of piperazine rings is 1. The van der Waals surface area contributed by atoms with E-state index < -0.39 is 0 Å². The maximum atomic E-state index is 6.34. The van der Waals surface area contributed by atoms with E-state index in [1.807, 2.05) is 0 Å². The smallest absolute Gasteiger partial charge is 0.231 e. The number of nitrogens with one attached hydrogen (secondary N) is 1. The SMILES string of the molecule is Cc1c(CCN2CCNCC2)cc2c(c1Cl)OCO2. The summed E-state index contributed by atoms with van der Waals surface area (Å²) in [4.78, 5) is 2.48. The van der Waals surface area contributed by atoms with Crippen LogP contribution < -0.4 is 14.8 Å². The Labute approximate surface area is 118 Å². The molecule has 2 aliphatic rings. The van der Waals surface area contributed by atoms with Crippen molar-refractivity contribution in [1.82, 2.24) is 10.2 Å². The lowest BCUT2D eigenvalue weighted by Crippen LogP contribution is -2.44. The van der Waals surface area contributed by atoms with E-state index in [1.165, 1.54) is 5.56 Å². The molecule has 0 aromatic heterocycles. The van der Waals surface area contributed by atoms with Crippen LogP contribution in [0, 0.1) is 6.92 Å². The molecule has 0 unspecified atom stereocenters. The van der Waals surface area contributed by atoms with Crippen LogP contribution >= 0.6 is 11.6 Å². The van der Waals surface area contributed by atoms with Gasteiger partial charge in [0.05, 0.1) is 5.02 Å². The van der Waals surface area contributed by atoms with Gasteiger partial charge < -0.3 is 19.7 Å². The quantitative estimate of drug-likeness (QED) is 0.917. The summed E-state index contributed by atoms with van der Waals surface area (Å²) >= 11 is 6.34. The number of fused-ring (bicyclic) bond motifs is 1. The lowest BCUT2D eigenvalue weighted by molar-refractivity contribution is 0.174. The zero-order valence-corrected chi connectivity index (χ0v) is 11.9. The monoisotopic (exact) mass is 282 g/mol. The standard InChI is InChI=1S/C14H19ClN2O2/c1-10-11(2-5-17-6-3-16-4-7-17)8-12-14(13(10)15)19-9-18-12/h8,16H,2-7,9H2,1H3. The molecule has 0 atom stereocenters. The summed E-state index contributed by atoms with van der Waals surface area (Å²) in [6.07, 6.45) is 1.00. The van der Waals surface area contributed by atoms with Crippen LogP contribution in [0.1, 0.15) is 11.1 Å². The molecule has 1 saturated heterocycles. The molecule has 5 heteroatoms. The Morgan fingerprint density at radius 1 is 1.32 bits per heavy atom. The summed E-state index contributed by atoms with van der Waals surface area (Å²) < 4.78 is 10.8. The average molecular weight is 283 g/mol. The van der Waals surface area contributed by atoms with Gasteiger partial charge in [-0.05, 0) is 30.5 Å². The third-order valence-electron chi connectivity index (χ3n) is 3.86. The first-order valence-corrected chi connectivity index (χ1v) is 7.14. The van der Waals surface area contributed by atoms with Crippen LogP contribution in [0.15, 0.2) is 6.07 Å². The number of nitrogens with zero attached hydrogens (tertiary/aromatic N) is 1. The van der Waals surface area contributed by atoms with Gasteiger partial charge in [-0.25, -0.2) is 0 Å².